The van der Waals surface area contributed by atoms with Crippen LogP contribution in [-0.2, 0) is 16.1 Å². The van der Waals surface area contributed by atoms with Gasteiger partial charge in [0.1, 0.15) is 12.4 Å². The van der Waals surface area contributed by atoms with Crippen molar-refractivity contribution in [2.75, 3.05) is 52.4 Å². The van der Waals surface area contributed by atoms with Crippen LogP contribution >= 0.6 is 0 Å². The fraction of sp³-hybridized carbons (Fsp3) is 0.706. The molecule has 0 spiro atoms. The van der Waals surface area contributed by atoms with Crippen LogP contribution in [0.2, 0.25) is 0 Å². The van der Waals surface area contributed by atoms with Gasteiger partial charge in [-0.3, -0.25) is 14.6 Å². The van der Waals surface area contributed by atoms with Crippen LogP contribution in [0.15, 0.2) is 22.8 Å². The van der Waals surface area contributed by atoms with Gasteiger partial charge in [-0.2, -0.15) is 0 Å². The molecule has 2 N–H and O–H groups in total. The summed E-state index contributed by atoms with van der Waals surface area (Å²) in [4.78, 5) is 16.1. The van der Waals surface area contributed by atoms with E-state index in [1.807, 2.05) is 19.1 Å². The fourth-order valence-corrected chi connectivity index (χ4v) is 2.69. The monoisotopic (exact) mass is 339 g/mol. The van der Waals surface area contributed by atoms with E-state index in [-0.39, 0.29) is 5.91 Å². The molecule has 7 heteroatoms. The minimum absolute atomic E-state index is 0.0941. The topological polar surface area (TPSA) is 78.2 Å². The normalized spacial score (nSPS) is 17.8. The van der Waals surface area contributed by atoms with Crippen LogP contribution < -0.4 is 5.32 Å². The van der Waals surface area contributed by atoms with Gasteiger partial charge in [0.15, 0.2) is 0 Å². The van der Waals surface area contributed by atoms with Crippen molar-refractivity contribution in [1.29, 1.82) is 0 Å². The number of aliphatic hydroxyl groups is 1. The molecule has 0 saturated carbocycles. The molecule has 0 aromatic carbocycles. The molecule has 136 valence electrons. The summed E-state index contributed by atoms with van der Waals surface area (Å²) in [7, 11) is 0. The molecule has 0 radical (unpaired) electrons. The van der Waals surface area contributed by atoms with Crippen molar-refractivity contribution in [2.24, 2.45) is 0 Å². The first-order valence-corrected chi connectivity index (χ1v) is 8.67. The summed E-state index contributed by atoms with van der Waals surface area (Å²) < 4.78 is 10.6. The van der Waals surface area contributed by atoms with Crippen molar-refractivity contribution in [2.45, 2.75) is 26.1 Å². The van der Waals surface area contributed by atoms with Gasteiger partial charge < -0.3 is 19.6 Å². The molecule has 7 nitrogen and oxygen atoms in total. The van der Waals surface area contributed by atoms with E-state index in [4.69, 9.17) is 9.15 Å². The average molecular weight is 339 g/mol. The third-order valence-corrected chi connectivity index (χ3v) is 4.01. The van der Waals surface area contributed by atoms with Crippen LogP contribution in [0.25, 0.3) is 0 Å². The van der Waals surface area contributed by atoms with E-state index >= 15 is 0 Å². The first-order chi connectivity index (χ1) is 11.7. The first kappa shape index (κ1) is 18.9. The molecule has 24 heavy (non-hydrogen) atoms. The molecule has 1 amide bonds. The van der Waals surface area contributed by atoms with E-state index in [0.717, 1.165) is 44.9 Å². The van der Waals surface area contributed by atoms with Crippen molar-refractivity contribution in [1.82, 2.24) is 15.1 Å². The maximum absolute atomic E-state index is 11.7. The summed E-state index contributed by atoms with van der Waals surface area (Å²) in [6.45, 7) is 7.92. The number of nitrogens with one attached hydrogen (secondary N) is 1. The number of piperazine rings is 1. The number of carbonyl (C=O) groups is 1. The number of furan rings is 1. The van der Waals surface area contributed by atoms with Crippen molar-refractivity contribution in [3.63, 3.8) is 0 Å². The molecule has 1 aliphatic heterocycles. The molecule has 2 rings (SSSR count). The average Bonchev–Trinajstić information content (AvgIpc) is 3.08. The van der Waals surface area contributed by atoms with Gasteiger partial charge in [-0.05, 0) is 18.6 Å². The summed E-state index contributed by atoms with van der Waals surface area (Å²) in [5, 5.41) is 13.0. The van der Waals surface area contributed by atoms with Gasteiger partial charge in [-0.25, -0.2) is 0 Å². The summed E-state index contributed by atoms with van der Waals surface area (Å²) in [6, 6.07) is 3.67. The largest absolute Gasteiger partial charge is 0.467 e. The second-order valence-electron chi connectivity index (χ2n) is 6.18. The zero-order chi connectivity index (χ0) is 17.2. The SMILES string of the molecule is CCCNC(=O)CN1CCN(C[C@H](O)COCc2ccco2)CC1. The predicted octanol–water partition coefficient (Wildman–Crippen LogP) is 0.301. The van der Waals surface area contributed by atoms with Crippen LogP contribution in [0, 0.1) is 0 Å². The number of amides is 1. The summed E-state index contributed by atoms with van der Waals surface area (Å²) in [5.74, 6) is 0.855. The highest BCUT2D eigenvalue weighted by molar-refractivity contribution is 5.77. The zero-order valence-electron chi connectivity index (χ0n) is 14.4. The van der Waals surface area contributed by atoms with Crippen molar-refractivity contribution >= 4 is 5.91 Å². The molecular formula is C17H29N3O4. The highest BCUT2D eigenvalue weighted by Gasteiger charge is 2.20. The Morgan fingerprint density at radius 3 is 2.79 bits per heavy atom. The lowest BCUT2D eigenvalue weighted by Gasteiger charge is -2.35. The Bertz CT molecular complexity index is 458. The van der Waals surface area contributed by atoms with Gasteiger partial charge in [0.25, 0.3) is 0 Å². The molecule has 2 heterocycles. The summed E-state index contributed by atoms with van der Waals surface area (Å²) in [6.07, 6.45) is 2.05. The molecule has 1 aromatic rings. The molecular weight excluding hydrogens is 310 g/mol. The summed E-state index contributed by atoms with van der Waals surface area (Å²) in [5.41, 5.74) is 0. The Labute approximate surface area is 143 Å². The van der Waals surface area contributed by atoms with E-state index in [2.05, 4.69) is 15.1 Å². The number of carbonyl (C=O) groups excluding carboxylic acids is 1. The summed E-state index contributed by atoms with van der Waals surface area (Å²) >= 11 is 0. The lowest BCUT2D eigenvalue weighted by molar-refractivity contribution is -0.122. The van der Waals surface area contributed by atoms with Gasteiger partial charge in [0, 0.05) is 39.3 Å². The molecule has 1 aromatic heterocycles. The molecule has 1 atom stereocenters. The van der Waals surface area contributed by atoms with Crippen LogP contribution in [0.1, 0.15) is 19.1 Å². The highest BCUT2D eigenvalue weighted by atomic mass is 16.5. The molecule has 1 saturated heterocycles. The molecule has 0 bridgehead atoms. The number of ether oxygens (including phenoxy) is 1. The Hall–Kier alpha value is -1.41. The Balaban J connectivity index is 1.55. The van der Waals surface area contributed by atoms with E-state index in [9.17, 15) is 9.90 Å². The third kappa shape index (κ3) is 7.00. The van der Waals surface area contributed by atoms with Crippen LogP contribution in [0.3, 0.4) is 0 Å². The van der Waals surface area contributed by atoms with Crippen LogP contribution in [0.5, 0.6) is 0 Å². The lowest BCUT2D eigenvalue weighted by Crippen LogP contribution is -2.51. The Kier molecular flexibility index (Phi) is 8.24. The molecule has 0 aliphatic carbocycles. The molecule has 1 aliphatic rings. The van der Waals surface area contributed by atoms with Gasteiger partial charge in [-0.1, -0.05) is 6.92 Å². The van der Waals surface area contributed by atoms with E-state index < -0.39 is 6.10 Å². The number of aliphatic hydroxyl groups excluding tert-OH is 1. The van der Waals surface area contributed by atoms with Crippen LogP contribution in [-0.4, -0.2) is 79.3 Å². The van der Waals surface area contributed by atoms with Gasteiger partial charge in [0.2, 0.25) is 5.91 Å². The smallest absolute Gasteiger partial charge is 0.234 e. The van der Waals surface area contributed by atoms with Crippen LogP contribution in [0.4, 0.5) is 0 Å². The number of rotatable bonds is 10. The van der Waals surface area contributed by atoms with Crippen molar-refractivity contribution in [3.05, 3.63) is 24.2 Å². The Morgan fingerprint density at radius 1 is 1.38 bits per heavy atom. The minimum Gasteiger partial charge on any atom is -0.467 e. The quantitative estimate of drug-likeness (QED) is 0.638. The maximum atomic E-state index is 11.7. The number of nitrogens with zero attached hydrogens (tertiary/aromatic N) is 2. The van der Waals surface area contributed by atoms with E-state index in [1.165, 1.54) is 0 Å². The third-order valence-electron chi connectivity index (χ3n) is 4.01. The van der Waals surface area contributed by atoms with Gasteiger partial charge in [-0.15, -0.1) is 0 Å². The van der Waals surface area contributed by atoms with E-state index in [0.29, 0.717) is 26.3 Å². The number of hydrogen-bond acceptors (Lipinski definition) is 6. The van der Waals surface area contributed by atoms with Crippen molar-refractivity contribution < 1.29 is 19.1 Å². The second-order valence-corrected chi connectivity index (χ2v) is 6.18. The van der Waals surface area contributed by atoms with Gasteiger partial charge in [0.05, 0.1) is 25.5 Å². The maximum Gasteiger partial charge on any atom is 0.234 e. The molecule has 1 fully saturated rings. The highest BCUT2D eigenvalue weighted by Crippen LogP contribution is 2.05. The fourth-order valence-electron chi connectivity index (χ4n) is 2.69. The second kappa shape index (κ2) is 10.5. The zero-order valence-corrected chi connectivity index (χ0v) is 14.4. The van der Waals surface area contributed by atoms with Gasteiger partial charge >= 0.3 is 0 Å². The Morgan fingerprint density at radius 2 is 2.12 bits per heavy atom. The number of hydrogen-bond donors (Lipinski definition) is 2. The van der Waals surface area contributed by atoms with E-state index in [1.54, 1.807) is 6.26 Å². The standard InChI is InChI=1S/C17H29N3O4/c1-2-5-18-17(22)12-20-8-6-19(7-9-20)11-15(21)13-23-14-16-4-3-10-24-16/h3-4,10,15,21H,2,5-9,11-14H2,1H3,(H,18,22)/t15-/m0/s1. The first-order valence-electron chi connectivity index (χ1n) is 8.67. The molecule has 0 unspecified atom stereocenters. The van der Waals surface area contributed by atoms with Crippen molar-refractivity contribution in [3.8, 4) is 0 Å². The number of β-amino-alcohol motifs (C(OH)–C–C–N with tert-alkyl or cyclic N) is 1. The minimum atomic E-state index is -0.514. The predicted molar refractivity (Wildman–Crippen MR) is 90.6 cm³/mol. The lowest BCUT2D eigenvalue weighted by atomic mass is 10.2.